The minimum Gasteiger partial charge on any atom is -0.493 e. The monoisotopic (exact) mass is 450 g/mol. The van der Waals surface area contributed by atoms with Gasteiger partial charge in [-0.1, -0.05) is 18.2 Å². The second-order valence-corrected chi connectivity index (χ2v) is 6.76. The number of methoxy groups -OCH3 is 2. The van der Waals surface area contributed by atoms with E-state index in [1.54, 1.807) is 18.2 Å². The van der Waals surface area contributed by atoms with Gasteiger partial charge in [0.2, 0.25) is 0 Å². The molecule has 0 bridgehead atoms. The Balaban J connectivity index is 1.76. The summed E-state index contributed by atoms with van der Waals surface area (Å²) in [7, 11) is 4.29. The van der Waals surface area contributed by atoms with Gasteiger partial charge in [-0.05, 0) is 24.3 Å². The van der Waals surface area contributed by atoms with Gasteiger partial charge in [-0.25, -0.2) is 9.48 Å². The number of benzene rings is 2. The highest BCUT2D eigenvalue weighted by Gasteiger charge is 2.31. The Kier molecular flexibility index (Phi) is 6.56. The molecule has 1 heterocycles. The molecule has 3 rings (SSSR count). The number of amides is 1. The number of carbonyl (C=O) groups is 1. The van der Waals surface area contributed by atoms with Crippen molar-refractivity contribution < 1.29 is 27.4 Å². The van der Waals surface area contributed by atoms with Crippen LogP contribution in [0.15, 0.2) is 47.3 Å². The summed E-state index contributed by atoms with van der Waals surface area (Å²) < 4.78 is 51.6. The van der Waals surface area contributed by atoms with Crippen LogP contribution in [0.4, 0.5) is 13.2 Å². The minimum atomic E-state index is -4.51. The van der Waals surface area contributed by atoms with Crippen LogP contribution in [0, 0.1) is 0 Å². The molecule has 0 aliphatic carbocycles. The third-order valence-corrected chi connectivity index (χ3v) is 4.75. The third kappa shape index (κ3) is 4.61. The van der Waals surface area contributed by atoms with Crippen molar-refractivity contribution in [3.05, 3.63) is 64.1 Å². The molecule has 2 aromatic carbocycles. The molecule has 0 atom stereocenters. The molecule has 0 saturated carbocycles. The molecule has 11 heteroatoms. The maximum atomic E-state index is 13.0. The van der Waals surface area contributed by atoms with Crippen LogP contribution in [0.3, 0.4) is 0 Å². The number of hydrogen-bond donors (Lipinski definition) is 1. The van der Waals surface area contributed by atoms with Crippen LogP contribution in [0.2, 0.25) is 0 Å². The zero-order chi connectivity index (χ0) is 23.5. The van der Waals surface area contributed by atoms with E-state index in [9.17, 15) is 22.8 Å². The second kappa shape index (κ2) is 9.16. The number of ether oxygens (including phenoxy) is 2. The smallest absolute Gasteiger partial charge is 0.416 e. The highest BCUT2D eigenvalue weighted by Crippen LogP contribution is 2.32. The molecule has 1 aromatic heterocycles. The summed E-state index contributed by atoms with van der Waals surface area (Å²) in [4.78, 5) is 25.0. The average Bonchev–Trinajstić information content (AvgIpc) is 3.06. The predicted octanol–water partition coefficient (Wildman–Crippen LogP) is 2.71. The quantitative estimate of drug-likeness (QED) is 0.598. The van der Waals surface area contributed by atoms with Crippen LogP contribution in [0.5, 0.6) is 11.5 Å². The standard InChI is InChI=1S/C21H21F3N4O4/c1-27-18(13-6-4-7-14(12-13)21(22,23)24)26-28(20(27)30)11-10-25-19(29)15-8-5-9-16(31-2)17(15)32-3/h4-9,12H,10-11H2,1-3H3,(H,25,29). The summed E-state index contributed by atoms with van der Waals surface area (Å²) in [5.74, 6) is 0.311. The topological polar surface area (TPSA) is 87.4 Å². The zero-order valence-corrected chi connectivity index (χ0v) is 17.6. The van der Waals surface area contributed by atoms with Gasteiger partial charge in [-0.15, -0.1) is 5.10 Å². The van der Waals surface area contributed by atoms with Gasteiger partial charge in [0.15, 0.2) is 17.3 Å². The molecule has 0 aliphatic rings. The molecule has 0 saturated heterocycles. The maximum Gasteiger partial charge on any atom is 0.416 e. The SMILES string of the molecule is COc1cccc(C(=O)NCCn2nc(-c3cccc(C(F)(F)F)c3)n(C)c2=O)c1OC. The first-order valence-electron chi connectivity index (χ1n) is 9.48. The lowest BCUT2D eigenvalue weighted by Gasteiger charge is -2.12. The van der Waals surface area contributed by atoms with Gasteiger partial charge in [0.05, 0.1) is 31.9 Å². The van der Waals surface area contributed by atoms with Gasteiger partial charge < -0.3 is 14.8 Å². The highest BCUT2D eigenvalue weighted by atomic mass is 19.4. The number of nitrogens with zero attached hydrogens (tertiary/aromatic N) is 3. The predicted molar refractivity (Wildman–Crippen MR) is 110 cm³/mol. The van der Waals surface area contributed by atoms with E-state index in [0.29, 0.717) is 5.75 Å². The number of hydrogen-bond acceptors (Lipinski definition) is 5. The van der Waals surface area contributed by atoms with Crippen molar-refractivity contribution in [3.63, 3.8) is 0 Å². The summed E-state index contributed by atoms with van der Waals surface area (Å²) in [5.41, 5.74) is -0.949. The lowest BCUT2D eigenvalue weighted by atomic mass is 10.1. The molecule has 0 aliphatic heterocycles. The number of rotatable bonds is 7. The van der Waals surface area contributed by atoms with Gasteiger partial charge in [-0.2, -0.15) is 13.2 Å². The van der Waals surface area contributed by atoms with E-state index in [2.05, 4.69) is 10.4 Å². The van der Waals surface area contributed by atoms with Gasteiger partial charge >= 0.3 is 11.9 Å². The molecule has 8 nitrogen and oxygen atoms in total. The Labute approximate surface area is 181 Å². The van der Waals surface area contributed by atoms with Crippen LogP contribution in [0.25, 0.3) is 11.4 Å². The molecule has 0 unspecified atom stereocenters. The largest absolute Gasteiger partial charge is 0.493 e. The molecular weight excluding hydrogens is 429 g/mol. The number of nitrogens with one attached hydrogen (secondary N) is 1. The van der Waals surface area contributed by atoms with Crippen molar-refractivity contribution in [1.29, 1.82) is 0 Å². The van der Waals surface area contributed by atoms with Gasteiger partial charge in [0.25, 0.3) is 5.91 Å². The first-order chi connectivity index (χ1) is 15.2. The summed E-state index contributed by atoms with van der Waals surface area (Å²) in [6, 6.07) is 9.43. The first-order valence-corrected chi connectivity index (χ1v) is 9.48. The summed E-state index contributed by atoms with van der Waals surface area (Å²) in [5, 5.41) is 6.80. The molecule has 170 valence electrons. The molecule has 1 N–H and O–H groups in total. The van der Waals surface area contributed by atoms with E-state index in [1.165, 1.54) is 33.4 Å². The third-order valence-electron chi connectivity index (χ3n) is 4.75. The van der Waals surface area contributed by atoms with Gasteiger partial charge in [0, 0.05) is 19.2 Å². The lowest BCUT2D eigenvalue weighted by molar-refractivity contribution is -0.137. The van der Waals surface area contributed by atoms with Crippen molar-refractivity contribution in [2.45, 2.75) is 12.7 Å². The number of alkyl halides is 3. The van der Waals surface area contributed by atoms with E-state index in [-0.39, 0.29) is 35.8 Å². The molecule has 1 amide bonds. The summed E-state index contributed by atoms with van der Waals surface area (Å²) in [6.07, 6.45) is -4.51. The minimum absolute atomic E-state index is 0.0175. The van der Waals surface area contributed by atoms with Crippen LogP contribution < -0.4 is 20.5 Å². The number of aromatic nitrogens is 3. The molecule has 3 aromatic rings. The maximum absolute atomic E-state index is 13.0. The first kappa shape index (κ1) is 22.9. The van der Waals surface area contributed by atoms with Crippen LogP contribution in [-0.2, 0) is 19.8 Å². The van der Waals surface area contributed by atoms with E-state index >= 15 is 0 Å². The van der Waals surface area contributed by atoms with E-state index in [0.717, 1.165) is 21.4 Å². The average molecular weight is 450 g/mol. The van der Waals surface area contributed by atoms with Crippen LogP contribution in [-0.4, -0.2) is 41.0 Å². The fraction of sp³-hybridized carbons (Fsp3) is 0.286. The van der Waals surface area contributed by atoms with Crippen molar-refractivity contribution in [1.82, 2.24) is 19.7 Å². The Hall–Kier alpha value is -3.76. The molecule has 0 radical (unpaired) electrons. The van der Waals surface area contributed by atoms with Crippen molar-refractivity contribution in [2.24, 2.45) is 7.05 Å². The molecule has 0 fully saturated rings. The number of carbonyl (C=O) groups excluding carboxylic acids is 1. The fourth-order valence-corrected chi connectivity index (χ4v) is 3.16. The van der Waals surface area contributed by atoms with E-state index in [1.807, 2.05) is 0 Å². The summed E-state index contributed by atoms with van der Waals surface area (Å²) >= 11 is 0. The van der Waals surface area contributed by atoms with Gasteiger partial charge in [-0.3, -0.25) is 9.36 Å². The Morgan fingerprint density at radius 2 is 1.84 bits per heavy atom. The van der Waals surface area contributed by atoms with Crippen LogP contribution in [0.1, 0.15) is 15.9 Å². The normalized spacial score (nSPS) is 11.3. The number of para-hydroxylation sites is 1. The second-order valence-electron chi connectivity index (χ2n) is 6.76. The van der Waals surface area contributed by atoms with Gasteiger partial charge in [0.1, 0.15) is 0 Å². The Morgan fingerprint density at radius 3 is 2.50 bits per heavy atom. The van der Waals surface area contributed by atoms with Crippen molar-refractivity contribution in [2.75, 3.05) is 20.8 Å². The summed E-state index contributed by atoms with van der Waals surface area (Å²) in [6.45, 7) is 0.0712. The Morgan fingerprint density at radius 1 is 1.12 bits per heavy atom. The van der Waals surface area contributed by atoms with E-state index < -0.39 is 23.3 Å². The zero-order valence-electron chi connectivity index (χ0n) is 17.6. The highest BCUT2D eigenvalue weighted by molar-refractivity contribution is 5.97. The number of halogens is 3. The molecule has 32 heavy (non-hydrogen) atoms. The lowest BCUT2D eigenvalue weighted by Crippen LogP contribution is -2.32. The van der Waals surface area contributed by atoms with Crippen molar-refractivity contribution >= 4 is 5.91 Å². The van der Waals surface area contributed by atoms with E-state index in [4.69, 9.17) is 9.47 Å². The van der Waals surface area contributed by atoms with Crippen molar-refractivity contribution in [3.8, 4) is 22.9 Å². The van der Waals surface area contributed by atoms with Crippen LogP contribution >= 0.6 is 0 Å². The fourth-order valence-electron chi connectivity index (χ4n) is 3.16. The molecule has 0 spiro atoms. The Bertz CT molecular complexity index is 1180. The molecular formula is C21H21F3N4O4.